The summed E-state index contributed by atoms with van der Waals surface area (Å²) in [5.74, 6) is 0.796. The van der Waals surface area contributed by atoms with Crippen LogP contribution in [0.4, 0.5) is 0 Å². The normalized spacial score (nSPS) is 12.2. The Kier molecular flexibility index (Phi) is 4.84. The van der Waals surface area contributed by atoms with Crippen molar-refractivity contribution in [2.75, 3.05) is 6.61 Å². The van der Waals surface area contributed by atoms with Crippen LogP contribution >= 0.6 is 15.9 Å². The zero-order chi connectivity index (χ0) is 14.7. The van der Waals surface area contributed by atoms with Crippen molar-refractivity contribution in [3.05, 3.63) is 63.1 Å². The highest BCUT2D eigenvalue weighted by atomic mass is 79.9. The molecule has 0 saturated carbocycles. The largest absolute Gasteiger partial charge is 0.493 e. The molecule has 1 unspecified atom stereocenters. The van der Waals surface area contributed by atoms with Crippen molar-refractivity contribution in [3.8, 4) is 5.75 Å². The van der Waals surface area contributed by atoms with E-state index in [1.807, 2.05) is 57.2 Å². The second kappa shape index (κ2) is 6.42. The predicted molar refractivity (Wildman–Crippen MR) is 85.3 cm³/mol. The van der Waals surface area contributed by atoms with Gasteiger partial charge in [-0.05, 0) is 71.1 Å². The zero-order valence-electron chi connectivity index (χ0n) is 12.0. The summed E-state index contributed by atoms with van der Waals surface area (Å²) >= 11 is 3.49. The van der Waals surface area contributed by atoms with E-state index in [2.05, 4.69) is 15.9 Å². The van der Waals surface area contributed by atoms with Crippen LogP contribution in [0.3, 0.4) is 0 Å². The standard InChI is InChI=1S/C17H19BrO2/c1-4-20-15-9-8-13(10-14(15)18)17(19)16-11(2)6-5-7-12(16)3/h5-10,17,19H,4H2,1-3H3. The fraction of sp³-hybridized carbons (Fsp3) is 0.294. The van der Waals surface area contributed by atoms with Crippen molar-refractivity contribution >= 4 is 15.9 Å². The average molecular weight is 335 g/mol. The van der Waals surface area contributed by atoms with Crippen LogP contribution in [-0.2, 0) is 0 Å². The van der Waals surface area contributed by atoms with Gasteiger partial charge in [0.25, 0.3) is 0 Å². The monoisotopic (exact) mass is 334 g/mol. The van der Waals surface area contributed by atoms with Crippen molar-refractivity contribution in [1.29, 1.82) is 0 Å². The third kappa shape index (κ3) is 3.05. The summed E-state index contributed by atoms with van der Waals surface area (Å²) in [6.07, 6.45) is -0.622. The number of rotatable bonds is 4. The summed E-state index contributed by atoms with van der Waals surface area (Å²) < 4.78 is 6.36. The van der Waals surface area contributed by atoms with E-state index >= 15 is 0 Å². The number of hydrogen-bond acceptors (Lipinski definition) is 2. The number of hydrogen-bond donors (Lipinski definition) is 1. The van der Waals surface area contributed by atoms with Crippen LogP contribution in [0, 0.1) is 13.8 Å². The van der Waals surface area contributed by atoms with Crippen molar-refractivity contribution < 1.29 is 9.84 Å². The maximum atomic E-state index is 10.6. The van der Waals surface area contributed by atoms with Gasteiger partial charge in [-0.15, -0.1) is 0 Å². The molecule has 2 aromatic rings. The van der Waals surface area contributed by atoms with E-state index in [-0.39, 0.29) is 0 Å². The molecule has 2 nitrogen and oxygen atoms in total. The quantitative estimate of drug-likeness (QED) is 0.888. The molecule has 0 heterocycles. The first-order valence-electron chi connectivity index (χ1n) is 6.71. The molecule has 0 radical (unpaired) electrons. The van der Waals surface area contributed by atoms with Crippen LogP contribution in [0.15, 0.2) is 40.9 Å². The predicted octanol–water partition coefficient (Wildman–Crippen LogP) is 4.55. The Morgan fingerprint density at radius 2 is 1.80 bits per heavy atom. The molecule has 1 atom stereocenters. The molecule has 0 aliphatic heterocycles. The van der Waals surface area contributed by atoms with Gasteiger partial charge in [0.1, 0.15) is 11.9 Å². The maximum Gasteiger partial charge on any atom is 0.133 e. The van der Waals surface area contributed by atoms with Crippen LogP contribution in [0.5, 0.6) is 5.75 Å². The van der Waals surface area contributed by atoms with Crippen molar-refractivity contribution in [2.24, 2.45) is 0 Å². The number of ether oxygens (including phenoxy) is 1. The van der Waals surface area contributed by atoms with Gasteiger partial charge in [0.2, 0.25) is 0 Å². The van der Waals surface area contributed by atoms with E-state index in [4.69, 9.17) is 4.74 Å². The first kappa shape index (κ1) is 15.1. The van der Waals surface area contributed by atoms with Crippen molar-refractivity contribution in [2.45, 2.75) is 26.9 Å². The van der Waals surface area contributed by atoms with Gasteiger partial charge in [0.15, 0.2) is 0 Å². The van der Waals surface area contributed by atoms with E-state index < -0.39 is 6.10 Å². The van der Waals surface area contributed by atoms with Crippen LogP contribution in [-0.4, -0.2) is 11.7 Å². The van der Waals surface area contributed by atoms with Gasteiger partial charge in [0, 0.05) is 0 Å². The van der Waals surface area contributed by atoms with Gasteiger partial charge in [-0.2, -0.15) is 0 Å². The summed E-state index contributed by atoms with van der Waals surface area (Å²) in [6.45, 7) is 6.62. The molecule has 0 saturated heterocycles. The number of aliphatic hydroxyl groups excluding tert-OH is 1. The lowest BCUT2D eigenvalue weighted by Crippen LogP contribution is -2.05. The van der Waals surface area contributed by atoms with Gasteiger partial charge in [-0.3, -0.25) is 0 Å². The zero-order valence-corrected chi connectivity index (χ0v) is 13.6. The molecule has 0 bridgehead atoms. The van der Waals surface area contributed by atoms with Gasteiger partial charge < -0.3 is 9.84 Å². The van der Waals surface area contributed by atoms with Gasteiger partial charge >= 0.3 is 0 Å². The Hall–Kier alpha value is -1.32. The second-order valence-corrected chi connectivity index (χ2v) is 5.69. The number of aryl methyl sites for hydroxylation is 2. The lowest BCUT2D eigenvalue weighted by molar-refractivity contribution is 0.218. The van der Waals surface area contributed by atoms with Crippen molar-refractivity contribution in [1.82, 2.24) is 0 Å². The summed E-state index contributed by atoms with van der Waals surface area (Å²) in [7, 11) is 0. The van der Waals surface area contributed by atoms with Crippen LogP contribution < -0.4 is 4.74 Å². The summed E-state index contributed by atoms with van der Waals surface area (Å²) in [5.41, 5.74) is 4.03. The third-order valence-corrected chi connectivity index (χ3v) is 4.01. The molecule has 3 heteroatoms. The molecule has 0 aliphatic rings. The van der Waals surface area contributed by atoms with Crippen LogP contribution in [0.25, 0.3) is 0 Å². The smallest absolute Gasteiger partial charge is 0.133 e. The van der Waals surface area contributed by atoms with Crippen molar-refractivity contribution in [3.63, 3.8) is 0 Å². The minimum atomic E-state index is -0.622. The Balaban J connectivity index is 2.39. The van der Waals surface area contributed by atoms with E-state index in [1.165, 1.54) is 0 Å². The molecule has 0 amide bonds. The number of aliphatic hydroxyl groups is 1. The first-order valence-corrected chi connectivity index (χ1v) is 7.50. The Labute approximate surface area is 128 Å². The molecular weight excluding hydrogens is 316 g/mol. The first-order chi connectivity index (χ1) is 9.54. The summed E-state index contributed by atoms with van der Waals surface area (Å²) in [4.78, 5) is 0. The highest BCUT2D eigenvalue weighted by Gasteiger charge is 2.16. The Morgan fingerprint density at radius 3 is 2.35 bits per heavy atom. The van der Waals surface area contributed by atoms with E-state index in [0.717, 1.165) is 32.5 Å². The van der Waals surface area contributed by atoms with Crippen LogP contribution in [0.2, 0.25) is 0 Å². The molecule has 106 valence electrons. The van der Waals surface area contributed by atoms with Gasteiger partial charge in [0.05, 0.1) is 11.1 Å². The van der Waals surface area contributed by atoms with Gasteiger partial charge in [-0.25, -0.2) is 0 Å². The van der Waals surface area contributed by atoms with E-state index in [9.17, 15) is 5.11 Å². The Morgan fingerprint density at radius 1 is 1.15 bits per heavy atom. The molecule has 2 rings (SSSR count). The highest BCUT2D eigenvalue weighted by molar-refractivity contribution is 9.10. The topological polar surface area (TPSA) is 29.5 Å². The summed E-state index contributed by atoms with van der Waals surface area (Å²) in [5, 5.41) is 10.6. The van der Waals surface area contributed by atoms with E-state index in [1.54, 1.807) is 0 Å². The maximum absolute atomic E-state index is 10.6. The Bertz CT molecular complexity index is 588. The second-order valence-electron chi connectivity index (χ2n) is 4.83. The third-order valence-electron chi connectivity index (χ3n) is 3.39. The molecule has 0 aromatic heterocycles. The number of benzene rings is 2. The average Bonchev–Trinajstić information content (AvgIpc) is 2.41. The molecule has 20 heavy (non-hydrogen) atoms. The fourth-order valence-corrected chi connectivity index (χ4v) is 2.90. The number of halogens is 1. The molecule has 0 spiro atoms. The van der Waals surface area contributed by atoms with E-state index in [0.29, 0.717) is 6.61 Å². The van der Waals surface area contributed by atoms with Crippen LogP contribution in [0.1, 0.15) is 35.3 Å². The minimum Gasteiger partial charge on any atom is -0.493 e. The molecule has 2 aromatic carbocycles. The molecule has 1 N–H and O–H groups in total. The minimum absolute atomic E-state index is 0.622. The fourth-order valence-electron chi connectivity index (χ4n) is 2.39. The lowest BCUT2D eigenvalue weighted by atomic mass is 9.93. The molecule has 0 aliphatic carbocycles. The SMILES string of the molecule is CCOc1ccc(C(O)c2c(C)cccc2C)cc1Br. The molecular formula is C17H19BrO2. The molecule has 0 fully saturated rings. The lowest BCUT2D eigenvalue weighted by Gasteiger charge is -2.18. The highest BCUT2D eigenvalue weighted by Crippen LogP contribution is 2.33. The van der Waals surface area contributed by atoms with Gasteiger partial charge in [-0.1, -0.05) is 24.3 Å². The summed E-state index contributed by atoms with van der Waals surface area (Å²) in [6, 6.07) is 11.8.